The van der Waals surface area contributed by atoms with Crippen LogP contribution in [0.2, 0.25) is 0 Å². The van der Waals surface area contributed by atoms with E-state index in [4.69, 9.17) is 10.9 Å². The van der Waals surface area contributed by atoms with Crippen LogP contribution in [-0.4, -0.2) is 29.1 Å². The highest BCUT2D eigenvalue weighted by molar-refractivity contribution is 6.00. The fourth-order valence-corrected chi connectivity index (χ4v) is 1.91. The Morgan fingerprint density at radius 1 is 1.65 bits per heavy atom. The van der Waals surface area contributed by atoms with Gasteiger partial charge in [0, 0.05) is 19.3 Å². The van der Waals surface area contributed by atoms with Gasteiger partial charge in [-0.05, 0) is 37.8 Å². The van der Waals surface area contributed by atoms with Crippen molar-refractivity contribution in [3.05, 3.63) is 24.0 Å². The van der Waals surface area contributed by atoms with Crippen LogP contribution in [0.4, 0.5) is 5.69 Å². The van der Waals surface area contributed by atoms with E-state index in [0.29, 0.717) is 5.69 Å². The third-order valence-electron chi connectivity index (χ3n) is 3.03. The van der Waals surface area contributed by atoms with Crippen LogP contribution in [0.3, 0.4) is 0 Å². The predicted octanol–water partition coefficient (Wildman–Crippen LogP) is 1.41. The van der Waals surface area contributed by atoms with E-state index in [9.17, 15) is 0 Å². The third-order valence-corrected chi connectivity index (χ3v) is 3.03. The van der Waals surface area contributed by atoms with Gasteiger partial charge in [-0.2, -0.15) is 0 Å². The maximum atomic E-state index is 8.77. The number of aromatic nitrogens is 1. The van der Waals surface area contributed by atoms with E-state index in [1.54, 1.807) is 6.20 Å². The van der Waals surface area contributed by atoms with Crippen molar-refractivity contribution < 1.29 is 5.21 Å². The first-order valence-corrected chi connectivity index (χ1v) is 5.94. The smallest absolute Gasteiger partial charge is 0.190 e. The molecule has 1 aliphatic carbocycles. The molecule has 0 amide bonds. The van der Waals surface area contributed by atoms with Gasteiger partial charge in [-0.3, -0.25) is 4.98 Å². The molecule has 1 aromatic rings. The van der Waals surface area contributed by atoms with Gasteiger partial charge in [-0.25, -0.2) is 0 Å². The second-order valence-corrected chi connectivity index (χ2v) is 4.34. The molecule has 1 aliphatic rings. The largest absolute Gasteiger partial charge is 0.409 e. The van der Waals surface area contributed by atoms with Crippen molar-refractivity contribution in [3.63, 3.8) is 0 Å². The Morgan fingerprint density at radius 3 is 3.00 bits per heavy atom. The van der Waals surface area contributed by atoms with Gasteiger partial charge in [0.25, 0.3) is 0 Å². The number of amidine groups is 1. The lowest BCUT2D eigenvalue weighted by atomic mass is 10.2. The summed E-state index contributed by atoms with van der Waals surface area (Å²) in [6, 6.07) is 3.84. The molecule has 0 aromatic carbocycles. The van der Waals surface area contributed by atoms with E-state index in [0.717, 1.165) is 24.7 Å². The summed E-state index contributed by atoms with van der Waals surface area (Å²) in [6.45, 7) is 4.02. The molecule has 5 heteroatoms. The number of nitrogens with two attached hydrogens (primary N) is 1. The minimum absolute atomic E-state index is 0.0647. The number of oxime groups is 1. The molecule has 1 heterocycles. The van der Waals surface area contributed by atoms with Gasteiger partial charge in [0.05, 0.1) is 5.69 Å². The molecule has 0 spiro atoms. The van der Waals surface area contributed by atoms with Crippen LogP contribution < -0.4 is 10.6 Å². The molecule has 2 rings (SSSR count). The summed E-state index contributed by atoms with van der Waals surface area (Å²) in [5, 5.41) is 11.8. The highest BCUT2D eigenvalue weighted by atomic mass is 16.4. The first kappa shape index (κ1) is 11.7. The summed E-state index contributed by atoms with van der Waals surface area (Å²) in [5.41, 5.74) is 7.14. The molecule has 5 nitrogen and oxygen atoms in total. The maximum absolute atomic E-state index is 8.77. The second-order valence-electron chi connectivity index (χ2n) is 4.34. The predicted molar refractivity (Wildman–Crippen MR) is 67.4 cm³/mol. The minimum Gasteiger partial charge on any atom is -0.409 e. The quantitative estimate of drug-likeness (QED) is 0.349. The topological polar surface area (TPSA) is 74.7 Å². The third kappa shape index (κ3) is 2.67. The zero-order valence-electron chi connectivity index (χ0n) is 10.0. The molecule has 0 bridgehead atoms. The van der Waals surface area contributed by atoms with Gasteiger partial charge in [-0.15, -0.1) is 0 Å². The van der Waals surface area contributed by atoms with Gasteiger partial charge in [0.2, 0.25) is 0 Å². The molecule has 1 aromatic heterocycles. The van der Waals surface area contributed by atoms with Crippen LogP contribution in [-0.2, 0) is 0 Å². The minimum atomic E-state index is 0.0647. The average Bonchev–Trinajstić information content (AvgIpc) is 3.19. The van der Waals surface area contributed by atoms with Crippen LogP contribution in [0.15, 0.2) is 23.5 Å². The van der Waals surface area contributed by atoms with E-state index >= 15 is 0 Å². The SMILES string of the molecule is CCN(CC1CC1)c1cccnc1/C(N)=N/O. The molecule has 3 N–H and O–H groups in total. The molecule has 1 saturated carbocycles. The Morgan fingerprint density at radius 2 is 2.41 bits per heavy atom. The zero-order valence-corrected chi connectivity index (χ0v) is 10.0. The van der Waals surface area contributed by atoms with Crippen molar-refractivity contribution in [2.24, 2.45) is 16.8 Å². The number of anilines is 1. The van der Waals surface area contributed by atoms with Gasteiger partial charge in [-0.1, -0.05) is 5.16 Å². The van der Waals surface area contributed by atoms with E-state index in [2.05, 4.69) is 22.0 Å². The molecular weight excluding hydrogens is 216 g/mol. The fourth-order valence-electron chi connectivity index (χ4n) is 1.91. The normalized spacial score (nSPS) is 15.9. The van der Waals surface area contributed by atoms with Crippen LogP contribution in [0.1, 0.15) is 25.5 Å². The molecule has 92 valence electrons. The van der Waals surface area contributed by atoms with Crippen molar-refractivity contribution in [3.8, 4) is 0 Å². The lowest BCUT2D eigenvalue weighted by molar-refractivity contribution is 0.318. The van der Waals surface area contributed by atoms with Crippen molar-refractivity contribution in [1.82, 2.24) is 4.98 Å². The van der Waals surface area contributed by atoms with Crippen molar-refractivity contribution >= 4 is 11.5 Å². The summed E-state index contributed by atoms with van der Waals surface area (Å²) < 4.78 is 0. The number of hydrogen-bond donors (Lipinski definition) is 2. The molecule has 17 heavy (non-hydrogen) atoms. The standard InChI is InChI=1S/C12H18N4O/c1-2-16(8-9-5-6-9)10-4-3-7-14-11(10)12(13)15-17/h3-4,7,9,17H,2,5-6,8H2,1H3,(H2,13,15). The van der Waals surface area contributed by atoms with Gasteiger partial charge in [0.1, 0.15) is 5.69 Å². The van der Waals surface area contributed by atoms with Crippen LogP contribution >= 0.6 is 0 Å². The first-order valence-electron chi connectivity index (χ1n) is 5.94. The Kier molecular flexibility index (Phi) is 3.46. The molecule has 0 unspecified atom stereocenters. The highest BCUT2D eigenvalue weighted by Gasteiger charge is 2.25. The fraction of sp³-hybridized carbons (Fsp3) is 0.500. The summed E-state index contributed by atoms with van der Waals surface area (Å²) in [4.78, 5) is 6.42. The van der Waals surface area contributed by atoms with Gasteiger partial charge < -0.3 is 15.8 Å². The van der Waals surface area contributed by atoms with Gasteiger partial charge >= 0.3 is 0 Å². The van der Waals surface area contributed by atoms with Crippen molar-refractivity contribution in [1.29, 1.82) is 0 Å². The Balaban J connectivity index is 2.27. The van der Waals surface area contributed by atoms with Crippen LogP contribution in [0.5, 0.6) is 0 Å². The van der Waals surface area contributed by atoms with E-state index in [1.165, 1.54) is 12.8 Å². The summed E-state index contributed by atoms with van der Waals surface area (Å²) >= 11 is 0. The molecule has 0 aliphatic heterocycles. The highest BCUT2D eigenvalue weighted by Crippen LogP contribution is 2.31. The zero-order chi connectivity index (χ0) is 12.3. The molecular formula is C12H18N4O. The maximum Gasteiger partial charge on any atom is 0.190 e. The number of hydrogen-bond acceptors (Lipinski definition) is 4. The van der Waals surface area contributed by atoms with E-state index in [1.807, 2.05) is 12.1 Å². The van der Waals surface area contributed by atoms with E-state index < -0.39 is 0 Å². The van der Waals surface area contributed by atoms with Crippen LogP contribution in [0.25, 0.3) is 0 Å². The first-order chi connectivity index (χ1) is 8.26. The summed E-state index contributed by atoms with van der Waals surface area (Å²) in [7, 11) is 0. The lowest BCUT2D eigenvalue weighted by Gasteiger charge is -2.24. The average molecular weight is 234 g/mol. The summed E-state index contributed by atoms with van der Waals surface area (Å²) in [5.74, 6) is 0.852. The van der Waals surface area contributed by atoms with Crippen molar-refractivity contribution in [2.45, 2.75) is 19.8 Å². The Labute approximate surface area is 101 Å². The van der Waals surface area contributed by atoms with Gasteiger partial charge in [0.15, 0.2) is 5.84 Å². The van der Waals surface area contributed by atoms with Crippen LogP contribution in [0, 0.1) is 5.92 Å². The molecule has 1 fully saturated rings. The number of pyridine rings is 1. The van der Waals surface area contributed by atoms with Crippen molar-refractivity contribution in [2.75, 3.05) is 18.0 Å². The molecule has 0 atom stereocenters. The number of rotatable bonds is 5. The molecule has 0 radical (unpaired) electrons. The molecule has 0 saturated heterocycles. The Hall–Kier alpha value is -1.78. The lowest BCUT2D eigenvalue weighted by Crippen LogP contribution is -2.29. The summed E-state index contributed by atoms with van der Waals surface area (Å²) in [6.07, 6.45) is 4.26. The Bertz CT molecular complexity index is 415. The van der Waals surface area contributed by atoms with E-state index in [-0.39, 0.29) is 5.84 Å². The number of nitrogens with zero attached hydrogens (tertiary/aromatic N) is 3. The second kappa shape index (κ2) is 5.03. The monoisotopic (exact) mass is 234 g/mol.